The second kappa shape index (κ2) is 15.2. The number of aliphatic hydroxyl groups excluding tert-OH is 1. The summed E-state index contributed by atoms with van der Waals surface area (Å²) in [4.78, 5) is 5.03. The summed E-state index contributed by atoms with van der Waals surface area (Å²) >= 11 is 0. The van der Waals surface area contributed by atoms with Crippen LogP contribution < -0.4 is 9.47 Å². The van der Waals surface area contributed by atoms with Gasteiger partial charge in [0.2, 0.25) is 0 Å². The standard InChI is InChI=1S/C31H48N2O3/c1-5-15-32(16-6-2)19-9-21-35-25-12-14-28-29(23-25)27-13-11-26(24-30(27)31(28)34)36-22-10-20-33(17-7-3)18-8-4/h11-14,23-24,31,34H,5-10,15-22H2,1-4H3. The number of ether oxygens (including phenoxy) is 2. The van der Waals surface area contributed by atoms with E-state index >= 15 is 0 Å². The van der Waals surface area contributed by atoms with Crippen LogP contribution >= 0.6 is 0 Å². The lowest BCUT2D eigenvalue weighted by Crippen LogP contribution is -2.27. The van der Waals surface area contributed by atoms with E-state index in [0.29, 0.717) is 13.2 Å². The second-order valence-electron chi connectivity index (χ2n) is 9.99. The van der Waals surface area contributed by atoms with E-state index in [0.717, 1.165) is 85.9 Å². The Balaban J connectivity index is 1.54. The molecule has 5 nitrogen and oxygen atoms in total. The predicted molar refractivity (Wildman–Crippen MR) is 150 cm³/mol. The third kappa shape index (κ3) is 7.96. The highest BCUT2D eigenvalue weighted by molar-refractivity contribution is 5.79. The highest BCUT2D eigenvalue weighted by Gasteiger charge is 2.28. The highest BCUT2D eigenvalue weighted by Crippen LogP contribution is 2.46. The van der Waals surface area contributed by atoms with E-state index in [9.17, 15) is 5.11 Å². The van der Waals surface area contributed by atoms with Gasteiger partial charge in [-0.15, -0.1) is 0 Å². The first-order chi connectivity index (χ1) is 17.6. The van der Waals surface area contributed by atoms with Crippen molar-refractivity contribution < 1.29 is 14.6 Å². The van der Waals surface area contributed by atoms with Crippen molar-refractivity contribution in [3.8, 4) is 22.6 Å². The molecule has 0 radical (unpaired) electrons. The molecule has 0 amide bonds. The van der Waals surface area contributed by atoms with Crippen LogP contribution in [0.1, 0.15) is 83.5 Å². The van der Waals surface area contributed by atoms with E-state index in [1.165, 1.54) is 25.7 Å². The number of rotatable bonds is 18. The highest BCUT2D eigenvalue weighted by atomic mass is 16.5. The van der Waals surface area contributed by atoms with Crippen LogP contribution in [-0.2, 0) is 0 Å². The van der Waals surface area contributed by atoms with Crippen LogP contribution in [0.5, 0.6) is 11.5 Å². The van der Waals surface area contributed by atoms with Gasteiger partial charge in [0.25, 0.3) is 0 Å². The first-order valence-electron chi connectivity index (χ1n) is 14.3. The van der Waals surface area contributed by atoms with Gasteiger partial charge in [-0.05, 0) is 111 Å². The molecule has 0 saturated carbocycles. The minimum atomic E-state index is -0.617. The molecule has 1 atom stereocenters. The zero-order valence-corrected chi connectivity index (χ0v) is 23.1. The Hall–Kier alpha value is -2.08. The average Bonchev–Trinajstić information content (AvgIpc) is 3.15. The summed E-state index contributed by atoms with van der Waals surface area (Å²) in [6.07, 6.45) is 6.17. The maximum Gasteiger partial charge on any atom is 0.119 e. The SMILES string of the molecule is CCCN(CCC)CCCOc1ccc2c(c1)-c1ccc(OCCCN(CCC)CCC)cc1C2O. The summed E-state index contributed by atoms with van der Waals surface area (Å²) in [5.41, 5.74) is 4.01. The number of fused-ring (bicyclic) bond motifs is 3. The number of hydrogen-bond donors (Lipinski definition) is 1. The van der Waals surface area contributed by atoms with Crippen molar-refractivity contribution in [3.63, 3.8) is 0 Å². The molecule has 0 fully saturated rings. The van der Waals surface area contributed by atoms with Crippen molar-refractivity contribution in [2.45, 2.75) is 72.3 Å². The Labute approximate surface area is 219 Å². The summed E-state index contributed by atoms with van der Waals surface area (Å²) < 4.78 is 12.2. The second-order valence-corrected chi connectivity index (χ2v) is 9.99. The molecule has 0 bridgehead atoms. The molecule has 5 heteroatoms. The van der Waals surface area contributed by atoms with Crippen LogP contribution in [0.15, 0.2) is 36.4 Å². The lowest BCUT2D eigenvalue weighted by Gasteiger charge is -2.20. The minimum absolute atomic E-state index is 0.617. The smallest absolute Gasteiger partial charge is 0.119 e. The molecule has 36 heavy (non-hydrogen) atoms. The molecule has 0 spiro atoms. The van der Waals surface area contributed by atoms with Gasteiger partial charge in [0.1, 0.15) is 17.6 Å². The molecule has 1 aliphatic carbocycles. The third-order valence-corrected chi connectivity index (χ3v) is 6.86. The molecule has 0 heterocycles. The average molecular weight is 497 g/mol. The van der Waals surface area contributed by atoms with Crippen molar-refractivity contribution in [1.82, 2.24) is 9.80 Å². The number of aliphatic hydroxyl groups is 1. The minimum Gasteiger partial charge on any atom is -0.494 e. The van der Waals surface area contributed by atoms with E-state index in [4.69, 9.17) is 9.47 Å². The number of hydrogen-bond acceptors (Lipinski definition) is 5. The monoisotopic (exact) mass is 496 g/mol. The molecule has 3 rings (SSSR count). The number of nitrogens with zero attached hydrogens (tertiary/aromatic N) is 2. The Morgan fingerprint density at radius 2 is 1.11 bits per heavy atom. The van der Waals surface area contributed by atoms with Crippen molar-refractivity contribution in [1.29, 1.82) is 0 Å². The molecule has 1 N–H and O–H groups in total. The Kier molecular flexibility index (Phi) is 12.1. The zero-order chi connectivity index (χ0) is 25.8. The van der Waals surface area contributed by atoms with Gasteiger partial charge in [0.15, 0.2) is 0 Å². The van der Waals surface area contributed by atoms with Gasteiger partial charge in [-0.2, -0.15) is 0 Å². The van der Waals surface area contributed by atoms with E-state index in [2.05, 4.69) is 49.6 Å². The van der Waals surface area contributed by atoms with Gasteiger partial charge in [-0.3, -0.25) is 0 Å². The fraction of sp³-hybridized carbons (Fsp3) is 0.613. The van der Waals surface area contributed by atoms with Crippen molar-refractivity contribution in [2.75, 3.05) is 52.5 Å². The Bertz CT molecular complexity index is 905. The van der Waals surface area contributed by atoms with Crippen molar-refractivity contribution >= 4 is 0 Å². The van der Waals surface area contributed by atoms with Gasteiger partial charge in [-0.1, -0.05) is 39.8 Å². The van der Waals surface area contributed by atoms with Gasteiger partial charge < -0.3 is 24.4 Å². The van der Waals surface area contributed by atoms with Crippen LogP contribution in [0.25, 0.3) is 11.1 Å². The molecule has 0 aliphatic heterocycles. The first-order valence-corrected chi connectivity index (χ1v) is 14.3. The molecular formula is C31H48N2O3. The fourth-order valence-corrected chi connectivity index (χ4v) is 5.26. The maximum absolute atomic E-state index is 11.0. The Morgan fingerprint density at radius 3 is 1.64 bits per heavy atom. The molecular weight excluding hydrogens is 448 g/mol. The lowest BCUT2D eigenvalue weighted by atomic mass is 10.1. The molecule has 1 unspecified atom stereocenters. The molecule has 2 aromatic rings. The molecule has 0 saturated heterocycles. The van der Waals surface area contributed by atoms with E-state index in [-0.39, 0.29) is 0 Å². The van der Waals surface area contributed by atoms with E-state index in [1.54, 1.807) is 0 Å². The molecule has 0 aromatic heterocycles. The predicted octanol–water partition coefficient (Wildman–Crippen LogP) is 6.53. The topological polar surface area (TPSA) is 45.2 Å². The van der Waals surface area contributed by atoms with Crippen LogP contribution in [0.4, 0.5) is 0 Å². The maximum atomic E-state index is 11.0. The van der Waals surface area contributed by atoms with Crippen molar-refractivity contribution in [3.05, 3.63) is 47.5 Å². The van der Waals surface area contributed by atoms with Crippen LogP contribution in [0, 0.1) is 0 Å². The van der Waals surface area contributed by atoms with Crippen LogP contribution in [0.2, 0.25) is 0 Å². The normalized spacial score (nSPS) is 14.4. The third-order valence-electron chi connectivity index (χ3n) is 6.86. The van der Waals surface area contributed by atoms with E-state index < -0.39 is 6.10 Å². The van der Waals surface area contributed by atoms with Gasteiger partial charge in [-0.25, -0.2) is 0 Å². The van der Waals surface area contributed by atoms with Crippen molar-refractivity contribution in [2.24, 2.45) is 0 Å². The van der Waals surface area contributed by atoms with Crippen LogP contribution in [0.3, 0.4) is 0 Å². The fourth-order valence-electron chi connectivity index (χ4n) is 5.26. The Morgan fingerprint density at radius 1 is 0.611 bits per heavy atom. The van der Waals surface area contributed by atoms with Gasteiger partial charge in [0, 0.05) is 13.1 Å². The largest absolute Gasteiger partial charge is 0.494 e. The quantitative estimate of drug-likeness (QED) is 0.238. The molecule has 1 aliphatic rings. The van der Waals surface area contributed by atoms with E-state index in [1.807, 2.05) is 24.3 Å². The summed E-state index contributed by atoms with van der Waals surface area (Å²) in [7, 11) is 0. The summed E-state index contributed by atoms with van der Waals surface area (Å²) in [5, 5.41) is 11.0. The van der Waals surface area contributed by atoms with Gasteiger partial charge >= 0.3 is 0 Å². The molecule has 200 valence electrons. The number of benzene rings is 2. The lowest BCUT2D eigenvalue weighted by molar-refractivity contribution is 0.222. The van der Waals surface area contributed by atoms with Gasteiger partial charge in [0.05, 0.1) is 13.2 Å². The summed E-state index contributed by atoms with van der Waals surface area (Å²) in [6, 6.07) is 12.2. The first kappa shape index (κ1) is 28.5. The zero-order valence-electron chi connectivity index (χ0n) is 23.1. The summed E-state index contributed by atoms with van der Waals surface area (Å²) in [6.45, 7) is 17.1. The molecule has 2 aromatic carbocycles. The van der Waals surface area contributed by atoms with Crippen LogP contribution in [-0.4, -0.2) is 67.4 Å². The summed E-state index contributed by atoms with van der Waals surface area (Å²) in [5.74, 6) is 1.70.